The lowest BCUT2D eigenvalue weighted by Crippen LogP contribution is -2.42. The first-order chi connectivity index (χ1) is 12.9. The van der Waals surface area contributed by atoms with Crippen LogP contribution in [0, 0.1) is 5.92 Å². The zero-order valence-electron chi connectivity index (χ0n) is 14.7. The first kappa shape index (κ1) is 19.1. The Morgan fingerprint density at radius 1 is 1.04 bits per heavy atom. The summed E-state index contributed by atoms with van der Waals surface area (Å²) in [7, 11) is 0. The minimum Gasteiger partial charge on any atom is -0.481 e. The van der Waals surface area contributed by atoms with Crippen molar-refractivity contribution in [2.75, 3.05) is 6.61 Å². The van der Waals surface area contributed by atoms with E-state index in [1.54, 1.807) is 12.1 Å². The van der Waals surface area contributed by atoms with Crippen LogP contribution in [0.25, 0.3) is 11.1 Å². The number of carboxylic acid groups (broad SMARTS) is 1. The SMILES string of the molecule is O=C(O)C[C@@]1(O)CC[C@@H](OC(=O)c2ccc(-c3ccccc3)cc2)C1CO. The number of esters is 1. The van der Waals surface area contributed by atoms with Gasteiger partial charge in [0, 0.05) is 5.92 Å². The Labute approximate surface area is 157 Å². The van der Waals surface area contributed by atoms with Gasteiger partial charge in [-0.15, -0.1) is 0 Å². The van der Waals surface area contributed by atoms with E-state index in [1.165, 1.54) is 0 Å². The van der Waals surface area contributed by atoms with Crippen molar-refractivity contribution in [3.8, 4) is 11.1 Å². The van der Waals surface area contributed by atoms with Crippen LogP contribution < -0.4 is 0 Å². The molecule has 3 rings (SSSR count). The molecule has 0 bridgehead atoms. The summed E-state index contributed by atoms with van der Waals surface area (Å²) in [6.45, 7) is -0.450. The molecule has 1 aliphatic carbocycles. The Hall–Kier alpha value is -2.70. The maximum atomic E-state index is 12.4. The van der Waals surface area contributed by atoms with Gasteiger partial charge in [0.1, 0.15) is 6.10 Å². The van der Waals surface area contributed by atoms with Gasteiger partial charge in [-0.3, -0.25) is 4.79 Å². The average molecular weight is 370 g/mol. The topological polar surface area (TPSA) is 104 Å². The van der Waals surface area contributed by atoms with Crippen molar-refractivity contribution in [3.05, 3.63) is 60.2 Å². The van der Waals surface area contributed by atoms with Gasteiger partial charge in [0.15, 0.2) is 0 Å². The summed E-state index contributed by atoms with van der Waals surface area (Å²) in [6, 6.07) is 16.7. The van der Waals surface area contributed by atoms with Crippen LogP contribution in [-0.2, 0) is 9.53 Å². The van der Waals surface area contributed by atoms with Crippen molar-refractivity contribution in [3.63, 3.8) is 0 Å². The van der Waals surface area contributed by atoms with Crippen LogP contribution in [0.15, 0.2) is 54.6 Å². The van der Waals surface area contributed by atoms with Gasteiger partial charge in [-0.25, -0.2) is 4.79 Å². The minimum atomic E-state index is -1.57. The molecule has 142 valence electrons. The van der Waals surface area contributed by atoms with Gasteiger partial charge in [-0.05, 0) is 36.1 Å². The van der Waals surface area contributed by atoms with Gasteiger partial charge in [0.25, 0.3) is 0 Å². The Morgan fingerprint density at radius 2 is 1.67 bits per heavy atom. The van der Waals surface area contributed by atoms with Gasteiger partial charge in [0.05, 0.1) is 24.2 Å². The smallest absolute Gasteiger partial charge is 0.338 e. The molecule has 1 saturated carbocycles. The molecule has 6 nitrogen and oxygen atoms in total. The fourth-order valence-corrected chi connectivity index (χ4v) is 3.67. The van der Waals surface area contributed by atoms with Crippen molar-refractivity contribution in [1.82, 2.24) is 0 Å². The summed E-state index contributed by atoms with van der Waals surface area (Å²) < 4.78 is 5.47. The van der Waals surface area contributed by atoms with Crippen molar-refractivity contribution >= 4 is 11.9 Å². The highest BCUT2D eigenvalue weighted by atomic mass is 16.5. The summed E-state index contributed by atoms with van der Waals surface area (Å²) >= 11 is 0. The summed E-state index contributed by atoms with van der Waals surface area (Å²) in [5, 5.41) is 29.1. The predicted molar refractivity (Wildman–Crippen MR) is 98.1 cm³/mol. The van der Waals surface area contributed by atoms with E-state index in [9.17, 15) is 19.8 Å². The predicted octanol–water partition coefficient (Wildman–Crippen LogP) is 2.49. The third-order valence-electron chi connectivity index (χ3n) is 5.14. The lowest BCUT2D eigenvalue weighted by atomic mass is 9.87. The number of hydrogen-bond donors (Lipinski definition) is 3. The van der Waals surface area contributed by atoms with Gasteiger partial charge in [0.2, 0.25) is 0 Å². The van der Waals surface area contributed by atoms with Crippen LogP contribution in [0.1, 0.15) is 29.6 Å². The minimum absolute atomic E-state index is 0.162. The van der Waals surface area contributed by atoms with Crippen molar-refractivity contribution < 1.29 is 29.6 Å². The molecule has 0 spiro atoms. The third-order valence-corrected chi connectivity index (χ3v) is 5.14. The van der Waals surface area contributed by atoms with Crippen molar-refractivity contribution in [1.29, 1.82) is 0 Å². The maximum Gasteiger partial charge on any atom is 0.338 e. The van der Waals surface area contributed by atoms with E-state index < -0.39 is 42.6 Å². The number of hydrogen-bond acceptors (Lipinski definition) is 5. The van der Waals surface area contributed by atoms with E-state index in [0.29, 0.717) is 12.0 Å². The number of carboxylic acids is 1. The summed E-state index contributed by atoms with van der Waals surface area (Å²) in [5.74, 6) is -2.53. The number of benzene rings is 2. The summed E-state index contributed by atoms with van der Waals surface area (Å²) in [4.78, 5) is 23.4. The Kier molecular flexibility index (Phi) is 5.58. The first-order valence-corrected chi connectivity index (χ1v) is 8.84. The second-order valence-corrected chi connectivity index (χ2v) is 6.89. The van der Waals surface area contributed by atoms with E-state index in [4.69, 9.17) is 9.84 Å². The van der Waals surface area contributed by atoms with Gasteiger partial charge >= 0.3 is 11.9 Å². The molecule has 0 heterocycles. The second kappa shape index (κ2) is 7.90. The molecule has 0 radical (unpaired) electrons. The van der Waals surface area contributed by atoms with E-state index in [0.717, 1.165) is 11.1 Å². The van der Waals surface area contributed by atoms with Crippen LogP contribution in [-0.4, -0.2) is 45.6 Å². The monoisotopic (exact) mass is 370 g/mol. The Balaban J connectivity index is 1.69. The largest absolute Gasteiger partial charge is 0.481 e. The molecule has 0 amide bonds. The molecule has 0 aliphatic heterocycles. The van der Waals surface area contributed by atoms with E-state index >= 15 is 0 Å². The lowest BCUT2D eigenvalue weighted by Gasteiger charge is -2.29. The molecule has 1 fully saturated rings. The molecule has 3 N–H and O–H groups in total. The highest BCUT2D eigenvalue weighted by Crippen LogP contribution is 2.40. The summed E-state index contributed by atoms with van der Waals surface area (Å²) in [5.41, 5.74) is 0.798. The van der Waals surface area contributed by atoms with Gasteiger partial charge < -0.3 is 20.1 Å². The molecule has 3 atom stereocenters. The third kappa shape index (κ3) is 4.18. The molecule has 1 unspecified atom stereocenters. The maximum absolute atomic E-state index is 12.4. The van der Waals surface area contributed by atoms with E-state index in [1.807, 2.05) is 42.5 Å². The highest BCUT2D eigenvalue weighted by Gasteiger charge is 2.50. The van der Waals surface area contributed by atoms with Crippen LogP contribution in [0.5, 0.6) is 0 Å². The van der Waals surface area contributed by atoms with Crippen molar-refractivity contribution in [2.45, 2.75) is 31.0 Å². The Morgan fingerprint density at radius 3 is 2.26 bits per heavy atom. The molecular weight excluding hydrogens is 348 g/mol. The van der Waals surface area contributed by atoms with Crippen LogP contribution in [0.3, 0.4) is 0 Å². The number of aliphatic hydroxyl groups is 2. The zero-order chi connectivity index (χ0) is 19.4. The van der Waals surface area contributed by atoms with E-state index in [2.05, 4.69) is 0 Å². The average Bonchev–Trinajstić information content (AvgIpc) is 2.96. The Bertz CT molecular complexity index is 801. The highest BCUT2D eigenvalue weighted by molar-refractivity contribution is 5.90. The zero-order valence-corrected chi connectivity index (χ0v) is 14.7. The van der Waals surface area contributed by atoms with Crippen LogP contribution in [0.4, 0.5) is 0 Å². The number of carbonyl (C=O) groups is 2. The number of aliphatic hydroxyl groups excluding tert-OH is 1. The molecule has 0 aromatic heterocycles. The lowest BCUT2D eigenvalue weighted by molar-refractivity contribution is -0.145. The van der Waals surface area contributed by atoms with Crippen molar-refractivity contribution in [2.24, 2.45) is 5.92 Å². The molecule has 6 heteroatoms. The fraction of sp³-hybridized carbons (Fsp3) is 0.333. The normalized spacial score (nSPS) is 24.5. The van der Waals surface area contributed by atoms with Crippen LogP contribution in [0.2, 0.25) is 0 Å². The second-order valence-electron chi connectivity index (χ2n) is 6.89. The molecular formula is C21H22O6. The molecule has 1 aliphatic rings. The number of aliphatic carboxylic acids is 1. The van der Waals surface area contributed by atoms with Gasteiger partial charge in [-0.1, -0.05) is 42.5 Å². The first-order valence-electron chi connectivity index (χ1n) is 8.84. The standard InChI is InChI=1S/C21H22O6/c22-13-17-18(10-11-21(17,26)12-19(23)24)27-20(25)16-8-6-15(7-9-16)14-4-2-1-3-5-14/h1-9,17-18,22,26H,10-13H2,(H,23,24)/t17?,18-,21+/m1/s1. The van der Waals surface area contributed by atoms with Crippen LogP contribution >= 0.6 is 0 Å². The molecule has 27 heavy (non-hydrogen) atoms. The van der Waals surface area contributed by atoms with E-state index in [-0.39, 0.29) is 6.42 Å². The number of carbonyl (C=O) groups excluding carboxylic acids is 1. The molecule has 0 saturated heterocycles. The summed E-state index contributed by atoms with van der Waals surface area (Å²) in [6.07, 6.45) is -0.739. The molecule has 2 aromatic rings. The quantitative estimate of drug-likeness (QED) is 0.675. The fourth-order valence-electron chi connectivity index (χ4n) is 3.67. The molecule has 2 aromatic carbocycles. The number of rotatable bonds is 6. The number of ether oxygens (including phenoxy) is 1. The van der Waals surface area contributed by atoms with Gasteiger partial charge in [-0.2, -0.15) is 0 Å².